The van der Waals surface area contributed by atoms with Gasteiger partial charge in [-0.3, -0.25) is 0 Å². The first kappa shape index (κ1) is 24.5. The molecule has 2 aromatic carbocycles. The number of aliphatic imine (C=N–C) groups is 1. The Morgan fingerprint density at radius 3 is 2.66 bits per heavy atom. The van der Waals surface area contributed by atoms with Crippen molar-refractivity contribution in [1.82, 2.24) is 10.2 Å². The van der Waals surface area contributed by atoms with Crippen LogP contribution in [-0.4, -0.2) is 49.0 Å². The number of carbonyl (C=O) groups is 1. The number of hydrogen-bond acceptors (Lipinski definition) is 7. The van der Waals surface area contributed by atoms with Gasteiger partial charge in [0.25, 0.3) is 0 Å². The number of esters is 1. The zero-order valence-electron chi connectivity index (χ0n) is 20.5. The van der Waals surface area contributed by atoms with Crippen molar-refractivity contribution in [3.05, 3.63) is 71.4 Å². The van der Waals surface area contributed by atoms with Gasteiger partial charge in [0, 0.05) is 25.7 Å². The molecule has 2 heterocycles. The molecule has 2 aliphatic heterocycles. The van der Waals surface area contributed by atoms with Gasteiger partial charge < -0.3 is 20.3 Å². The number of rotatable bonds is 7. The number of benzene rings is 2. The van der Waals surface area contributed by atoms with E-state index in [1.54, 1.807) is 0 Å². The van der Waals surface area contributed by atoms with E-state index >= 15 is 0 Å². The van der Waals surface area contributed by atoms with E-state index in [0.717, 1.165) is 43.7 Å². The number of nitrogens with one attached hydrogen (secondary N) is 2. The van der Waals surface area contributed by atoms with Gasteiger partial charge in [0.2, 0.25) is 0 Å². The molecule has 7 heteroatoms. The quantitative estimate of drug-likeness (QED) is 0.353. The Labute approximate surface area is 207 Å². The van der Waals surface area contributed by atoms with Crippen LogP contribution in [0.2, 0.25) is 0 Å². The first-order valence-corrected chi connectivity index (χ1v) is 12.4. The summed E-state index contributed by atoms with van der Waals surface area (Å²) in [6, 6.07) is 20.4. The lowest BCUT2D eigenvalue weighted by Crippen LogP contribution is -2.54. The Kier molecular flexibility index (Phi) is 8.17. The second-order valence-corrected chi connectivity index (χ2v) is 9.01. The molecule has 2 aliphatic rings. The number of para-hydroxylation sites is 2. The van der Waals surface area contributed by atoms with Crippen LogP contribution in [0.1, 0.15) is 32.3 Å². The lowest BCUT2D eigenvalue weighted by atomic mass is 10.0. The number of amidine groups is 1. The number of nitriles is 1. The van der Waals surface area contributed by atoms with Gasteiger partial charge in [0.05, 0.1) is 18.0 Å². The van der Waals surface area contributed by atoms with E-state index in [-0.39, 0.29) is 17.5 Å². The summed E-state index contributed by atoms with van der Waals surface area (Å²) in [5, 5.41) is 16.9. The van der Waals surface area contributed by atoms with E-state index < -0.39 is 5.97 Å². The van der Waals surface area contributed by atoms with Gasteiger partial charge in [0.1, 0.15) is 11.8 Å². The summed E-state index contributed by atoms with van der Waals surface area (Å²) < 4.78 is 5.57. The number of carbonyl (C=O) groups excluding carboxylic acids is 1. The highest BCUT2D eigenvalue weighted by atomic mass is 16.5. The summed E-state index contributed by atoms with van der Waals surface area (Å²) in [5.41, 5.74) is 3.19. The number of piperazine rings is 1. The minimum atomic E-state index is -0.607. The van der Waals surface area contributed by atoms with E-state index in [1.165, 1.54) is 5.56 Å². The molecule has 0 aliphatic carbocycles. The molecule has 0 spiro atoms. The molecular weight excluding hydrogens is 438 g/mol. The van der Waals surface area contributed by atoms with Crippen LogP contribution in [0.4, 0.5) is 11.4 Å². The van der Waals surface area contributed by atoms with Crippen LogP contribution in [0.3, 0.4) is 0 Å². The second-order valence-electron chi connectivity index (χ2n) is 9.01. The lowest BCUT2D eigenvalue weighted by Gasteiger charge is -2.38. The third kappa shape index (κ3) is 5.90. The Morgan fingerprint density at radius 2 is 1.91 bits per heavy atom. The second kappa shape index (κ2) is 11.7. The molecule has 2 N–H and O–H groups in total. The van der Waals surface area contributed by atoms with Gasteiger partial charge in [-0.15, -0.1) is 0 Å². The molecule has 0 aromatic heterocycles. The molecule has 2 aromatic rings. The van der Waals surface area contributed by atoms with Crippen molar-refractivity contribution >= 4 is 23.2 Å². The van der Waals surface area contributed by atoms with Crippen molar-refractivity contribution < 1.29 is 9.53 Å². The summed E-state index contributed by atoms with van der Waals surface area (Å²) in [5.74, 6) is 0.285. The topological polar surface area (TPSA) is 89.8 Å². The zero-order valence-corrected chi connectivity index (χ0v) is 20.5. The molecule has 1 unspecified atom stereocenters. The summed E-state index contributed by atoms with van der Waals surface area (Å²) in [6.45, 7) is 6.67. The standard InChI is InChI=1S/C28H33N5O2/c1-3-20(4-2)19-35-28(34)23(17-29)26-27(32-25-13-9-8-12-24(25)31-26)33-15-14-30-22(18-33)16-21-10-6-5-7-11-21/h5-13,20,22,30-31H,3-4,14-16,18-19H2,1-2H3. The minimum absolute atomic E-state index is 0.0395. The van der Waals surface area contributed by atoms with Gasteiger partial charge in [0.15, 0.2) is 11.4 Å². The Hall–Kier alpha value is -3.63. The largest absolute Gasteiger partial charge is 0.461 e. The molecule has 35 heavy (non-hydrogen) atoms. The predicted molar refractivity (Wildman–Crippen MR) is 138 cm³/mol. The molecule has 1 fully saturated rings. The Balaban J connectivity index is 1.63. The van der Waals surface area contributed by atoms with Gasteiger partial charge in [-0.1, -0.05) is 69.2 Å². The van der Waals surface area contributed by atoms with Crippen LogP contribution in [0.15, 0.2) is 70.9 Å². The maximum Gasteiger partial charge on any atom is 0.351 e. The molecule has 0 saturated carbocycles. The van der Waals surface area contributed by atoms with Crippen molar-refractivity contribution in [1.29, 1.82) is 5.26 Å². The smallest absolute Gasteiger partial charge is 0.351 e. The fourth-order valence-electron chi connectivity index (χ4n) is 4.49. The maximum absolute atomic E-state index is 13.0. The molecule has 4 rings (SSSR count). The number of ether oxygens (including phenoxy) is 1. The molecule has 0 amide bonds. The summed E-state index contributed by atoms with van der Waals surface area (Å²) in [4.78, 5) is 20.1. The van der Waals surface area contributed by atoms with Crippen LogP contribution in [0, 0.1) is 17.2 Å². The van der Waals surface area contributed by atoms with Crippen molar-refractivity contribution in [3.63, 3.8) is 0 Å². The SMILES string of the molecule is CCC(CC)COC(=O)C(C#N)=C1Nc2ccccc2N=C1N1CCNC(Cc2ccccc2)C1. The normalized spacial score (nSPS) is 18.7. The van der Waals surface area contributed by atoms with Crippen molar-refractivity contribution in [3.8, 4) is 6.07 Å². The van der Waals surface area contributed by atoms with Crippen LogP contribution >= 0.6 is 0 Å². The monoisotopic (exact) mass is 471 g/mol. The number of hydrogen-bond donors (Lipinski definition) is 2. The van der Waals surface area contributed by atoms with E-state index in [4.69, 9.17) is 9.73 Å². The Morgan fingerprint density at radius 1 is 1.17 bits per heavy atom. The zero-order chi connectivity index (χ0) is 24.6. The van der Waals surface area contributed by atoms with Gasteiger partial charge in [-0.25, -0.2) is 9.79 Å². The number of anilines is 1. The highest BCUT2D eigenvalue weighted by molar-refractivity contribution is 6.12. The van der Waals surface area contributed by atoms with Gasteiger partial charge >= 0.3 is 5.97 Å². The maximum atomic E-state index is 13.0. The average Bonchev–Trinajstić information content (AvgIpc) is 2.90. The molecule has 1 saturated heterocycles. The van der Waals surface area contributed by atoms with E-state index in [1.807, 2.05) is 30.3 Å². The van der Waals surface area contributed by atoms with Gasteiger partial charge in [-0.05, 0) is 30.0 Å². The summed E-state index contributed by atoms with van der Waals surface area (Å²) >= 11 is 0. The fraction of sp³-hybridized carbons (Fsp3) is 0.393. The van der Waals surface area contributed by atoms with Crippen LogP contribution in [-0.2, 0) is 16.0 Å². The van der Waals surface area contributed by atoms with E-state index in [0.29, 0.717) is 24.7 Å². The van der Waals surface area contributed by atoms with E-state index in [2.05, 4.69) is 59.7 Å². The van der Waals surface area contributed by atoms with Crippen molar-refractivity contribution in [2.45, 2.75) is 39.2 Å². The van der Waals surface area contributed by atoms with E-state index in [9.17, 15) is 10.1 Å². The molecule has 0 bridgehead atoms. The first-order chi connectivity index (χ1) is 17.1. The highest BCUT2D eigenvalue weighted by Crippen LogP contribution is 2.33. The predicted octanol–water partition coefficient (Wildman–Crippen LogP) is 4.42. The highest BCUT2D eigenvalue weighted by Gasteiger charge is 2.31. The molecular formula is C28H33N5O2. The molecule has 7 nitrogen and oxygen atoms in total. The third-order valence-corrected chi connectivity index (χ3v) is 6.66. The van der Waals surface area contributed by atoms with Crippen LogP contribution in [0.5, 0.6) is 0 Å². The van der Waals surface area contributed by atoms with Crippen LogP contribution < -0.4 is 10.6 Å². The molecule has 182 valence electrons. The molecule has 1 atom stereocenters. The summed E-state index contributed by atoms with van der Waals surface area (Å²) in [7, 11) is 0. The van der Waals surface area contributed by atoms with Crippen molar-refractivity contribution in [2.24, 2.45) is 10.9 Å². The third-order valence-electron chi connectivity index (χ3n) is 6.66. The fourth-order valence-corrected chi connectivity index (χ4v) is 4.49. The summed E-state index contributed by atoms with van der Waals surface area (Å²) in [6.07, 6.45) is 2.73. The lowest BCUT2D eigenvalue weighted by molar-refractivity contribution is -0.140. The number of fused-ring (bicyclic) bond motifs is 1. The van der Waals surface area contributed by atoms with Crippen LogP contribution in [0.25, 0.3) is 0 Å². The number of nitrogens with zero attached hydrogens (tertiary/aromatic N) is 3. The Bertz CT molecular complexity index is 1130. The average molecular weight is 472 g/mol. The minimum Gasteiger partial charge on any atom is -0.461 e. The molecule has 0 radical (unpaired) electrons. The van der Waals surface area contributed by atoms with Gasteiger partial charge in [-0.2, -0.15) is 5.26 Å². The van der Waals surface area contributed by atoms with Crippen molar-refractivity contribution in [2.75, 3.05) is 31.6 Å². The first-order valence-electron chi connectivity index (χ1n) is 12.4.